The number of hydrogen-bond acceptors (Lipinski definition) is 5. The SMILES string of the molecule is CCC(O)CNS(=O)(=O)CCSc1ccc(N)cc1. The van der Waals surface area contributed by atoms with Gasteiger partial charge < -0.3 is 10.8 Å². The molecule has 108 valence electrons. The van der Waals surface area contributed by atoms with Crippen molar-refractivity contribution in [3.05, 3.63) is 24.3 Å². The van der Waals surface area contributed by atoms with E-state index in [1.54, 1.807) is 19.1 Å². The quantitative estimate of drug-likeness (QED) is 0.493. The van der Waals surface area contributed by atoms with Crippen molar-refractivity contribution in [3.63, 3.8) is 0 Å². The van der Waals surface area contributed by atoms with Gasteiger partial charge in [0.1, 0.15) is 0 Å². The summed E-state index contributed by atoms with van der Waals surface area (Å²) in [5.74, 6) is 0.486. The summed E-state index contributed by atoms with van der Waals surface area (Å²) in [6.45, 7) is 1.88. The molecule has 1 atom stereocenters. The maximum Gasteiger partial charge on any atom is 0.212 e. The highest BCUT2D eigenvalue weighted by molar-refractivity contribution is 8.00. The minimum atomic E-state index is -3.32. The van der Waals surface area contributed by atoms with Gasteiger partial charge in [0.05, 0.1) is 11.9 Å². The van der Waals surface area contributed by atoms with Crippen LogP contribution in [0.5, 0.6) is 0 Å². The normalized spacial score (nSPS) is 13.4. The van der Waals surface area contributed by atoms with E-state index in [0.29, 0.717) is 17.9 Å². The summed E-state index contributed by atoms with van der Waals surface area (Å²) in [6, 6.07) is 7.29. The number of thioether (sulfide) groups is 1. The molecular formula is C12H20N2O3S2. The molecule has 1 unspecified atom stereocenters. The summed E-state index contributed by atoms with van der Waals surface area (Å²) >= 11 is 1.46. The van der Waals surface area contributed by atoms with Gasteiger partial charge >= 0.3 is 0 Å². The van der Waals surface area contributed by atoms with Gasteiger partial charge in [0, 0.05) is 22.9 Å². The largest absolute Gasteiger partial charge is 0.399 e. The van der Waals surface area contributed by atoms with Gasteiger partial charge in [0.25, 0.3) is 0 Å². The molecule has 19 heavy (non-hydrogen) atoms. The van der Waals surface area contributed by atoms with Crippen molar-refractivity contribution < 1.29 is 13.5 Å². The van der Waals surface area contributed by atoms with E-state index in [2.05, 4.69) is 4.72 Å². The second kappa shape index (κ2) is 7.74. The summed E-state index contributed by atoms with van der Waals surface area (Å²) in [4.78, 5) is 0.984. The highest BCUT2D eigenvalue weighted by Crippen LogP contribution is 2.19. The van der Waals surface area contributed by atoms with Crippen LogP contribution in [0.15, 0.2) is 29.2 Å². The third-order valence-electron chi connectivity index (χ3n) is 2.51. The molecule has 0 bridgehead atoms. The van der Waals surface area contributed by atoms with Crippen LogP contribution in [0.4, 0.5) is 5.69 Å². The first-order chi connectivity index (χ1) is 8.93. The van der Waals surface area contributed by atoms with Crippen LogP contribution < -0.4 is 10.5 Å². The first kappa shape index (κ1) is 16.3. The lowest BCUT2D eigenvalue weighted by Gasteiger charge is -2.10. The molecule has 0 radical (unpaired) electrons. The van der Waals surface area contributed by atoms with E-state index in [1.807, 2.05) is 12.1 Å². The van der Waals surface area contributed by atoms with Crippen molar-refractivity contribution in [1.82, 2.24) is 4.72 Å². The minimum Gasteiger partial charge on any atom is -0.399 e. The second-order valence-electron chi connectivity index (χ2n) is 4.15. The zero-order chi connectivity index (χ0) is 14.3. The third-order valence-corrected chi connectivity index (χ3v) is 5.13. The Labute approximate surface area is 118 Å². The van der Waals surface area contributed by atoms with Gasteiger partial charge in [-0.15, -0.1) is 11.8 Å². The fourth-order valence-corrected chi connectivity index (χ4v) is 3.64. The smallest absolute Gasteiger partial charge is 0.212 e. The lowest BCUT2D eigenvalue weighted by molar-refractivity contribution is 0.174. The van der Waals surface area contributed by atoms with Crippen LogP contribution in [0.3, 0.4) is 0 Å². The summed E-state index contributed by atoms with van der Waals surface area (Å²) in [5, 5.41) is 9.31. The maximum atomic E-state index is 11.6. The van der Waals surface area contributed by atoms with E-state index >= 15 is 0 Å². The number of aliphatic hydroxyl groups excluding tert-OH is 1. The number of nitrogens with two attached hydrogens (primary N) is 1. The van der Waals surface area contributed by atoms with Gasteiger partial charge in [-0.2, -0.15) is 0 Å². The van der Waals surface area contributed by atoms with Crippen molar-refractivity contribution in [2.45, 2.75) is 24.3 Å². The Balaban J connectivity index is 2.33. The summed E-state index contributed by atoms with van der Waals surface area (Å²) in [5.41, 5.74) is 6.25. The number of anilines is 1. The average molecular weight is 304 g/mol. The first-order valence-corrected chi connectivity index (χ1v) is 8.70. The topological polar surface area (TPSA) is 92.4 Å². The molecule has 4 N–H and O–H groups in total. The Morgan fingerprint density at radius 3 is 2.58 bits per heavy atom. The molecule has 0 saturated carbocycles. The molecule has 0 spiro atoms. The molecule has 0 aliphatic rings. The molecule has 5 nitrogen and oxygen atoms in total. The molecule has 1 rings (SSSR count). The summed E-state index contributed by atoms with van der Waals surface area (Å²) in [7, 11) is -3.32. The van der Waals surface area contributed by atoms with Gasteiger partial charge in [-0.1, -0.05) is 6.92 Å². The molecule has 0 amide bonds. The van der Waals surface area contributed by atoms with Crippen LogP contribution in [0, 0.1) is 0 Å². The molecule has 0 aromatic heterocycles. The molecule has 1 aromatic rings. The summed E-state index contributed by atoms with van der Waals surface area (Å²) < 4.78 is 25.7. The molecule has 0 fully saturated rings. The Morgan fingerprint density at radius 2 is 2.00 bits per heavy atom. The van der Waals surface area contributed by atoms with Crippen LogP contribution in [-0.4, -0.2) is 37.7 Å². The highest BCUT2D eigenvalue weighted by Gasteiger charge is 2.12. The fraction of sp³-hybridized carbons (Fsp3) is 0.500. The van der Waals surface area contributed by atoms with Crippen molar-refractivity contribution >= 4 is 27.5 Å². The highest BCUT2D eigenvalue weighted by atomic mass is 32.2. The number of nitrogen functional groups attached to an aromatic ring is 1. The maximum absolute atomic E-state index is 11.6. The van der Waals surface area contributed by atoms with E-state index < -0.39 is 16.1 Å². The Morgan fingerprint density at radius 1 is 1.37 bits per heavy atom. The number of benzene rings is 1. The zero-order valence-corrected chi connectivity index (χ0v) is 12.5. The number of hydrogen-bond donors (Lipinski definition) is 3. The van der Waals surface area contributed by atoms with E-state index in [4.69, 9.17) is 5.73 Å². The van der Waals surface area contributed by atoms with Crippen LogP contribution >= 0.6 is 11.8 Å². The van der Waals surface area contributed by atoms with Crippen LogP contribution in [0.2, 0.25) is 0 Å². The number of aliphatic hydroxyl groups is 1. The first-order valence-electron chi connectivity index (χ1n) is 6.06. The average Bonchev–Trinajstić information content (AvgIpc) is 2.38. The molecule has 0 saturated heterocycles. The number of sulfonamides is 1. The minimum absolute atomic E-state index is 0.0263. The fourth-order valence-electron chi connectivity index (χ4n) is 1.27. The van der Waals surface area contributed by atoms with Gasteiger partial charge in [-0.3, -0.25) is 0 Å². The molecule has 0 heterocycles. The van der Waals surface area contributed by atoms with Gasteiger partial charge in [0.15, 0.2) is 0 Å². The number of rotatable bonds is 8. The lowest BCUT2D eigenvalue weighted by atomic mass is 10.3. The van der Waals surface area contributed by atoms with Crippen molar-refractivity contribution in [3.8, 4) is 0 Å². The van der Waals surface area contributed by atoms with Gasteiger partial charge in [-0.25, -0.2) is 13.1 Å². The summed E-state index contributed by atoms with van der Waals surface area (Å²) in [6.07, 6.45) is -0.0950. The van der Waals surface area contributed by atoms with Crippen LogP contribution in [0.1, 0.15) is 13.3 Å². The Bertz CT molecular complexity index is 474. The molecular weight excluding hydrogens is 284 g/mol. The van der Waals surface area contributed by atoms with Gasteiger partial charge in [0.2, 0.25) is 10.0 Å². The Kier molecular flexibility index (Phi) is 6.64. The monoisotopic (exact) mass is 304 g/mol. The van der Waals surface area contributed by atoms with E-state index in [1.165, 1.54) is 11.8 Å². The predicted octanol–water partition coefficient (Wildman–Crippen LogP) is 1.05. The van der Waals surface area contributed by atoms with Crippen LogP contribution in [-0.2, 0) is 10.0 Å². The van der Waals surface area contributed by atoms with Crippen molar-refractivity contribution in [2.24, 2.45) is 0 Å². The standard InChI is InChI=1S/C12H20N2O3S2/c1-2-11(15)9-14-19(16,17)8-7-18-12-5-3-10(13)4-6-12/h3-6,11,14-15H,2,7-9,13H2,1H3. The third kappa shape index (κ3) is 6.81. The molecule has 0 aliphatic carbocycles. The van der Waals surface area contributed by atoms with Crippen molar-refractivity contribution in [1.29, 1.82) is 0 Å². The Hall–Kier alpha value is -0.760. The second-order valence-corrected chi connectivity index (χ2v) is 7.24. The molecule has 1 aromatic carbocycles. The molecule has 0 aliphatic heterocycles. The lowest BCUT2D eigenvalue weighted by Crippen LogP contribution is -2.33. The van der Waals surface area contributed by atoms with E-state index in [9.17, 15) is 13.5 Å². The zero-order valence-electron chi connectivity index (χ0n) is 10.9. The van der Waals surface area contributed by atoms with Crippen LogP contribution in [0.25, 0.3) is 0 Å². The predicted molar refractivity (Wildman–Crippen MR) is 79.7 cm³/mol. The van der Waals surface area contributed by atoms with E-state index in [0.717, 1.165) is 4.90 Å². The number of nitrogens with one attached hydrogen (secondary N) is 1. The van der Waals surface area contributed by atoms with Crippen molar-refractivity contribution in [2.75, 3.05) is 23.8 Å². The van der Waals surface area contributed by atoms with E-state index in [-0.39, 0.29) is 12.3 Å². The van der Waals surface area contributed by atoms with Gasteiger partial charge in [-0.05, 0) is 30.7 Å². The molecule has 7 heteroatoms.